The molecule has 1 saturated carbocycles. The Balaban J connectivity index is 2.21. The van der Waals surface area contributed by atoms with Gasteiger partial charge in [-0.1, -0.05) is 18.2 Å². The van der Waals surface area contributed by atoms with Crippen LogP contribution in [-0.2, 0) is 0 Å². The summed E-state index contributed by atoms with van der Waals surface area (Å²) in [6, 6.07) is 5.45. The van der Waals surface area contributed by atoms with Crippen LogP contribution in [0, 0.1) is 11.7 Å². The second-order valence-corrected chi connectivity index (χ2v) is 3.54. The molecular weight excluding hydrogens is 193 g/mol. The summed E-state index contributed by atoms with van der Waals surface area (Å²) in [5.74, 6) is -4.59. The van der Waals surface area contributed by atoms with E-state index in [1.807, 2.05) is 0 Å². The molecule has 1 aromatic rings. The molecule has 0 radical (unpaired) electrons. The van der Waals surface area contributed by atoms with Crippen molar-refractivity contribution in [3.63, 3.8) is 0 Å². The van der Waals surface area contributed by atoms with Crippen LogP contribution in [0.25, 0.3) is 0 Å². The Bertz CT molecular complexity index is 351. The average Bonchev–Trinajstić information content (AvgIpc) is 2.75. The van der Waals surface area contributed by atoms with Crippen LogP contribution in [-0.4, -0.2) is 11.0 Å². The minimum absolute atomic E-state index is 0.0466. The van der Waals surface area contributed by atoms with Crippen molar-refractivity contribution in [2.75, 3.05) is 0 Å². The van der Waals surface area contributed by atoms with Gasteiger partial charge in [-0.15, -0.1) is 0 Å². The molecule has 0 aromatic heterocycles. The Hall–Kier alpha value is -1.03. The van der Waals surface area contributed by atoms with Crippen molar-refractivity contribution in [3.8, 4) is 0 Å². The lowest BCUT2D eigenvalue weighted by molar-refractivity contribution is 0.0465. The fraction of sp³-hybridized carbons (Fsp3) is 0.400. The van der Waals surface area contributed by atoms with Crippen molar-refractivity contribution in [1.29, 1.82) is 0 Å². The summed E-state index contributed by atoms with van der Waals surface area (Å²) in [5, 5.41) is 9.46. The Labute approximate surface area is 79.2 Å². The third kappa shape index (κ3) is 1.50. The number of hydrogen-bond donors (Lipinski definition) is 1. The largest absolute Gasteiger partial charge is 0.388 e. The first-order chi connectivity index (χ1) is 6.52. The average molecular weight is 202 g/mol. The zero-order valence-corrected chi connectivity index (χ0v) is 7.25. The molecule has 1 aliphatic rings. The molecule has 2 rings (SSSR count). The van der Waals surface area contributed by atoms with Gasteiger partial charge in [0.2, 0.25) is 0 Å². The van der Waals surface area contributed by atoms with E-state index in [9.17, 15) is 18.3 Å². The van der Waals surface area contributed by atoms with E-state index >= 15 is 0 Å². The van der Waals surface area contributed by atoms with Gasteiger partial charge >= 0.3 is 0 Å². The molecule has 14 heavy (non-hydrogen) atoms. The monoisotopic (exact) mass is 202 g/mol. The summed E-state index contributed by atoms with van der Waals surface area (Å²) in [6.07, 6.45) is -1.76. The number of rotatable bonds is 2. The van der Waals surface area contributed by atoms with Crippen LogP contribution in [0.5, 0.6) is 0 Å². The predicted octanol–water partition coefficient (Wildman–Crippen LogP) is 2.51. The van der Waals surface area contributed by atoms with Gasteiger partial charge in [0.05, 0.1) is 12.0 Å². The van der Waals surface area contributed by atoms with Crippen LogP contribution in [0.1, 0.15) is 18.1 Å². The Morgan fingerprint density at radius 1 is 1.36 bits per heavy atom. The first kappa shape index (κ1) is 9.52. The normalized spacial score (nSPS) is 25.9. The van der Waals surface area contributed by atoms with Gasteiger partial charge in [-0.3, -0.25) is 0 Å². The molecule has 76 valence electrons. The standard InChI is InChI=1S/C10H9F3O/c11-8-4-2-1-3-6(8)9(14)7-5-10(7,12)13/h1-4,7,9,14H,5H2. The molecule has 1 aliphatic carbocycles. The van der Waals surface area contributed by atoms with Crippen LogP contribution < -0.4 is 0 Å². The molecule has 0 amide bonds. The van der Waals surface area contributed by atoms with Crippen LogP contribution in [0.4, 0.5) is 13.2 Å². The summed E-state index contributed by atoms with van der Waals surface area (Å²) in [6.45, 7) is 0. The molecule has 4 heteroatoms. The van der Waals surface area contributed by atoms with Crippen LogP contribution >= 0.6 is 0 Å². The minimum atomic E-state index is -2.83. The highest BCUT2D eigenvalue weighted by Crippen LogP contribution is 2.55. The molecule has 1 fully saturated rings. The highest BCUT2D eigenvalue weighted by atomic mass is 19.3. The third-order valence-electron chi connectivity index (χ3n) is 2.48. The van der Waals surface area contributed by atoms with E-state index in [0.717, 1.165) is 6.07 Å². The zero-order valence-electron chi connectivity index (χ0n) is 7.25. The maximum Gasteiger partial charge on any atom is 0.254 e. The van der Waals surface area contributed by atoms with Crippen molar-refractivity contribution in [2.45, 2.75) is 18.4 Å². The molecule has 1 nitrogen and oxygen atoms in total. The lowest BCUT2D eigenvalue weighted by atomic mass is 10.0. The fourth-order valence-corrected chi connectivity index (χ4v) is 1.51. The van der Waals surface area contributed by atoms with Crippen molar-refractivity contribution in [3.05, 3.63) is 35.6 Å². The maximum absolute atomic E-state index is 13.1. The Morgan fingerprint density at radius 2 is 1.93 bits per heavy atom. The zero-order chi connectivity index (χ0) is 10.3. The number of aliphatic hydroxyl groups excluding tert-OH is 1. The van der Waals surface area contributed by atoms with Crippen LogP contribution in [0.3, 0.4) is 0 Å². The molecule has 2 unspecified atom stereocenters. The number of benzene rings is 1. The number of halogens is 3. The van der Waals surface area contributed by atoms with Gasteiger partial charge in [-0.25, -0.2) is 13.2 Å². The van der Waals surface area contributed by atoms with Crippen molar-refractivity contribution in [1.82, 2.24) is 0 Å². The predicted molar refractivity (Wildman–Crippen MR) is 44.4 cm³/mol. The second kappa shape index (κ2) is 2.98. The number of alkyl halides is 2. The summed E-state index contributed by atoms with van der Waals surface area (Å²) in [7, 11) is 0. The first-order valence-corrected chi connectivity index (χ1v) is 4.32. The van der Waals surface area contributed by atoms with Gasteiger partial charge in [-0.2, -0.15) is 0 Å². The Kier molecular flexibility index (Phi) is 2.03. The number of aliphatic hydroxyl groups is 1. The molecule has 1 N–H and O–H groups in total. The smallest absolute Gasteiger partial charge is 0.254 e. The van der Waals surface area contributed by atoms with E-state index in [0.29, 0.717) is 0 Å². The van der Waals surface area contributed by atoms with Gasteiger partial charge in [-0.05, 0) is 6.07 Å². The lowest BCUT2D eigenvalue weighted by Crippen LogP contribution is -2.07. The summed E-state index contributed by atoms with van der Waals surface area (Å²) in [5.41, 5.74) is -0.0466. The lowest BCUT2D eigenvalue weighted by Gasteiger charge is -2.10. The van der Waals surface area contributed by atoms with Crippen LogP contribution in [0.15, 0.2) is 24.3 Å². The van der Waals surface area contributed by atoms with E-state index in [4.69, 9.17) is 0 Å². The SMILES string of the molecule is OC(c1ccccc1F)C1CC1(F)F. The first-order valence-electron chi connectivity index (χ1n) is 4.32. The summed E-state index contributed by atoms with van der Waals surface area (Å²) < 4.78 is 38.2. The van der Waals surface area contributed by atoms with E-state index in [1.165, 1.54) is 18.2 Å². The molecule has 2 atom stereocenters. The van der Waals surface area contributed by atoms with Gasteiger partial charge in [0.25, 0.3) is 5.92 Å². The molecule has 0 aliphatic heterocycles. The quantitative estimate of drug-likeness (QED) is 0.781. The Morgan fingerprint density at radius 3 is 2.43 bits per heavy atom. The topological polar surface area (TPSA) is 20.2 Å². The van der Waals surface area contributed by atoms with Gasteiger partial charge in [0.15, 0.2) is 0 Å². The van der Waals surface area contributed by atoms with Crippen LogP contribution in [0.2, 0.25) is 0 Å². The van der Waals surface area contributed by atoms with E-state index in [2.05, 4.69) is 0 Å². The van der Waals surface area contributed by atoms with Gasteiger partial charge in [0, 0.05) is 12.0 Å². The molecule has 0 saturated heterocycles. The van der Waals surface area contributed by atoms with E-state index in [1.54, 1.807) is 0 Å². The van der Waals surface area contributed by atoms with Gasteiger partial charge in [0.1, 0.15) is 5.82 Å². The number of hydrogen-bond acceptors (Lipinski definition) is 1. The maximum atomic E-state index is 13.1. The van der Waals surface area contributed by atoms with Crippen molar-refractivity contribution < 1.29 is 18.3 Å². The molecule has 0 spiro atoms. The third-order valence-corrected chi connectivity index (χ3v) is 2.48. The van der Waals surface area contributed by atoms with Crippen molar-refractivity contribution >= 4 is 0 Å². The fourth-order valence-electron chi connectivity index (χ4n) is 1.51. The molecular formula is C10H9F3O. The van der Waals surface area contributed by atoms with E-state index in [-0.39, 0.29) is 12.0 Å². The molecule has 0 heterocycles. The molecule has 0 bridgehead atoms. The van der Waals surface area contributed by atoms with E-state index < -0.39 is 23.8 Å². The highest BCUT2D eigenvalue weighted by molar-refractivity contribution is 5.23. The summed E-state index contributed by atoms with van der Waals surface area (Å²) >= 11 is 0. The van der Waals surface area contributed by atoms with Gasteiger partial charge < -0.3 is 5.11 Å². The summed E-state index contributed by atoms with van der Waals surface area (Å²) in [4.78, 5) is 0. The second-order valence-electron chi connectivity index (χ2n) is 3.54. The van der Waals surface area contributed by atoms with Crippen molar-refractivity contribution in [2.24, 2.45) is 5.92 Å². The molecule has 1 aromatic carbocycles. The highest BCUT2D eigenvalue weighted by Gasteiger charge is 2.60. The minimum Gasteiger partial charge on any atom is -0.388 e.